The van der Waals surface area contributed by atoms with Gasteiger partial charge in [0.15, 0.2) is 0 Å². The number of nitrogens with zero attached hydrogens (tertiary/aromatic N) is 1. The van der Waals surface area contributed by atoms with Gasteiger partial charge < -0.3 is 5.32 Å². The lowest BCUT2D eigenvalue weighted by molar-refractivity contribution is -0.120. The minimum Gasteiger partial charge on any atom is -0.325 e. The Kier molecular flexibility index (Phi) is 5.29. The average molecular weight is 328 g/mol. The number of rotatable bonds is 4. The van der Waals surface area contributed by atoms with E-state index in [0.29, 0.717) is 18.7 Å². The largest absolute Gasteiger partial charge is 0.325 e. The Morgan fingerprint density at radius 2 is 2.14 bits per heavy atom. The lowest BCUT2D eigenvalue weighted by Gasteiger charge is -2.32. The van der Waals surface area contributed by atoms with E-state index in [2.05, 4.69) is 5.32 Å². The Morgan fingerprint density at radius 3 is 2.81 bits per heavy atom. The summed E-state index contributed by atoms with van der Waals surface area (Å²) in [6.07, 6.45) is 5.37. The monoisotopic (exact) mass is 328 g/mol. The predicted octanol–water partition coefficient (Wildman–Crippen LogP) is 2.16. The quantitative estimate of drug-likeness (QED) is 0.860. The van der Waals surface area contributed by atoms with Crippen molar-refractivity contribution in [1.82, 2.24) is 4.31 Å². The first-order valence-corrected chi connectivity index (χ1v) is 9.91. The van der Waals surface area contributed by atoms with E-state index in [1.54, 1.807) is 11.8 Å². The van der Waals surface area contributed by atoms with Crippen LogP contribution in [0.25, 0.3) is 0 Å². The van der Waals surface area contributed by atoms with Crippen LogP contribution < -0.4 is 5.32 Å². The summed E-state index contributed by atoms with van der Waals surface area (Å²) in [5.41, 5.74) is 0.700. The fourth-order valence-corrected chi connectivity index (χ4v) is 4.07. The highest BCUT2D eigenvalue weighted by Gasteiger charge is 2.34. The molecule has 5 nitrogen and oxygen atoms in total. The highest BCUT2D eigenvalue weighted by Crippen LogP contribution is 2.23. The van der Waals surface area contributed by atoms with Gasteiger partial charge in [0.05, 0.1) is 6.26 Å². The number of benzene rings is 1. The lowest BCUT2D eigenvalue weighted by atomic mass is 10.0. The Morgan fingerprint density at radius 1 is 1.38 bits per heavy atom. The van der Waals surface area contributed by atoms with Crippen LogP contribution in [0.2, 0.25) is 0 Å². The first-order chi connectivity index (χ1) is 9.91. The normalized spacial score (nSPS) is 20.2. The summed E-state index contributed by atoms with van der Waals surface area (Å²) in [5, 5.41) is 2.83. The van der Waals surface area contributed by atoms with Crippen LogP contribution in [0.4, 0.5) is 5.69 Å². The van der Waals surface area contributed by atoms with E-state index >= 15 is 0 Å². The second-order valence-corrected chi connectivity index (χ2v) is 7.92. The van der Waals surface area contributed by atoms with Crippen LogP contribution in [-0.2, 0) is 14.8 Å². The van der Waals surface area contributed by atoms with Crippen LogP contribution in [-0.4, -0.2) is 43.7 Å². The number of sulfonamides is 1. The van der Waals surface area contributed by atoms with Gasteiger partial charge in [0, 0.05) is 17.1 Å². The van der Waals surface area contributed by atoms with Crippen molar-refractivity contribution in [1.29, 1.82) is 0 Å². The highest BCUT2D eigenvalue weighted by molar-refractivity contribution is 7.98. The van der Waals surface area contributed by atoms with Gasteiger partial charge >= 0.3 is 0 Å². The third-order valence-corrected chi connectivity index (χ3v) is 5.53. The topological polar surface area (TPSA) is 66.5 Å². The summed E-state index contributed by atoms with van der Waals surface area (Å²) < 4.78 is 24.9. The van der Waals surface area contributed by atoms with Gasteiger partial charge in [-0.25, -0.2) is 8.42 Å². The molecule has 1 amide bonds. The third-order valence-electron chi connectivity index (χ3n) is 3.52. The molecule has 1 aromatic rings. The number of amides is 1. The van der Waals surface area contributed by atoms with E-state index in [-0.39, 0.29) is 5.91 Å². The second kappa shape index (κ2) is 6.81. The summed E-state index contributed by atoms with van der Waals surface area (Å²) >= 11 is 1.59. The first kappa shape index (κ1) is 16.3. The molecular weight excluding hydrogens is 308 g/mol. The van der Waals surface area contributed by atoms with E-state index in [9.17, 15) is 13.2 Å². The van der Waals surface area contributed by atoms with Crippen molar-refractivity contribution in [2.45, 2.75) is 30.2 Å². The molecule has 0 aliphatic carbocycles. The molecule has 2 rings (SSSR count). The molecule has 1 aromatic carbocycles. The third kappa shape index (κ3) is 4.21. The predicted molar refractivity (Wildman–Crippen MR) is 86.0 cm³/mol. The number of nitrogens with one attached hydrogen (secondary N) is 1. The molecule has 1 fully saturated rings. The highest BCUT2D eigenvalue weighted by atomic mass is 32.2. The molecule has 0 spiro atoms. The molecule has 1 atom stereocenters. The van der Waals surface area contributed by atoms with Crippen molar-refractivity contribution in [3.63, 3.8) is 0 Å². The van der Waals surface area contributed by atoms with E-state index in [1.165, 1.54) is 4.31 Å². The zero-order chi connectivity index (χ0) is 15.5. The maximum atomic E-state index is 12.4. The maximum absolute atomic E-state index is 12.4. The summed E-state index contributed by atoms with van der Waals surface area (Å²) in [6.45, 7) is 0.418. The van der Waals surface area contributed by atoms with Crippen molar-refractivity contribution in [3.8, 4) is 0 Å². The van der Waals surface area contributed by atoms with Gasteiger partial charge in [0.2, 0.25) is 15.9 Å². The van der Waals surface area contributed by atoms with Gasteiger partial charge in [0.1, 0.15) is 6.04 Å². The van der Waals surface area contributed by atoms with Gasteiger partial charge in [0.25, 0.3) is 0 Å². The lowest BCUT2D eigenvalue weighted by Crippen LogP contribution is -2.49. The minimum atomic E-state index is -3.36. The number of piperidine rings is 1. The fraction of sp³-hybridized carbons (Fsp3) is 0.500. The van der Waals surface area contributed by atoms with Crippen molar-refractivity contribution in [2.24, 2.45) is 0 Å². The van der Waals surface area contributed by atoms with Gasteiger partial charge in [-0.2, -0.15) is 4.31 Å². The van der Waals surface area contributed by atoms with Crippen molar-refractivity contribution < 1.29 is 13.2 Å². The molecule has 1 heterocycles. The van der Waals surface area contributed by atoms with Crippen LogP contribution in [0.15, 0.2) is 29.2 Å². The maximum Gasteiger partial charge on any atom is 0.242 e. The molecule has 1 saturated heterocycles. The van der Waals surface area contributed by atoms with E-state index in [4.69, 9.17) is 0 Å². The molecule has 21 heavy (non-hydrogen) atoms. The van der Waals surface area contributed by atoms with E-state index in [0.717, 1.165) is 24.0 Å². The van der Waals surface area contributed by atoms with Gasteiger partial charge in [-0.3, -0.25) is 4.79 Å². The summed E-state index contributed by atoms with van der Waals surface area (Å²) in [7, 11) is -3.36. The summed E-state index contributed by atoms with van der Waals surface area (Å²) in [6, 6.07) is 6.92. The van der Waals surface area contributed by atoms with Crippen LogP contribution >= 0.6 is 11.8 Å². The molecular formula is C14H20N2O3S2. The van der Waals surface area contributed by atoms with Crippen LogP contribution in [0.3, 0.4) is 0 Å². The zero-order valence-electron chi connectivity index (χ0n) is 12.2. The van der Waals surface area contributed by atoms with E-state index in [1.807, 2.05) is 30.5 Å². The summed E-state index contributed by atoms with van der Waals surface area (Å²) in [4.78, 5) is 13.5. The van der Waals surface area contributed by atoms with Crippen LogP contribution in [0.1, 0.15) is 19.3 Å². The van der Waals surface area contributed by atoms with Gasteiger partial charge in [-0.1, -0.05) is 12.5 Å². The van der Waals surface area contributed by atoms with Crippen LogP contribution in [0, 0.1) is 0 Å². The molecule has 1 N–H and O–H groups in total. The molecule has 0 saturated carbocycles. The first-order valence-electron chi connectivity index (χ1n) is 6.83. The van der Waals surface area contributed by atoms with E-state index < -0.39 is 16.1 Å². The Balaban J connectivity index is 2.14. The fourth-order valence-electron chi connectivity index (χ4n) is 2.49. The Labute approximate surface area is 130 Å². The number of carbonyl (C=O) groups is 1. The number of carbonyl (C=O) groups excluding carboxylic acids is 1. The molecule has 1 aliphatic heterocycles. The molecule has 0 radical (unpaired) electrons. The number of hydrogen-bond acceptors (Lipinski definition) is 4. The molecule has 7 heteroatoms. The standard InChI is InChI=1S/C14H20N2O3S2/c1-20-12-7-5-6-11(10-12)15-14(17)13-8-3-4-9-16(13)21(2,18)19/h5-7,10,13H,3-4,8-9H2,1-2H3,(H,15,17). The van der Waals surface area contributed by atoms with Crippen molar-refractivity contribution in [2.75, 3.05) is 24.4 Å². The SMILES string of the molecule is CSc1cccc(NC(=O)C2CCCCN2S(C)(=O)=O)c1. The van der Waals surface area contributed by atoms with Crippen molar-refractivity contribution in [3.05, 3.63) is 24.3 Å². The second-order valence-electron chi connectivity index (χ2n) is 5.11. The average Bonchev–Trinajstić information content (AvgIpc) is 2.46. The number of hydrogen-bond donors (Lipinski definition) is 1. The molecule has 116 valence electrons. The number of thioether (sulfide) groups is 1. The summed E-state index contributed by atoms with van der Waals surface area (Å²) in [5.74, 6) is -0.252. The molecule has 1 unspecified atom stereocenters. The molecule has 1 aliphatic rings. The zero-order valence-corrected chi connectivity index (χ0v) is 13.8. The van der Waals surface area contributed by atoms with Crippen molar-refractivity contribution >= 4 is 33.4 Å². The minimum absolute atomic E-state index is 0.252. The Hall–Kier alpha value is -1.05. The smallest absolute Gasteiger partial charge is 0.242 e. The number of anilines is 1. The van der Waals surface area contributed by atoms with Crippen LogP contribution in [0.5, 0.6) is 0 Å². The van der Waals surface area contributed by atoms with Gasteiger partial charge in [-0.15, -0.1) is 11.8 Å². The molecule has 0 aromatic heterocycles. The molecule has 0 bridgehead atoms. The van der Waals surface area contributed by atoms with Gasteiger partial charge in [-0.05, 0) is 37.3 Å². The Bertz CT molecular complexity index is 616.